The Kier molecular flexibility index (Phi) is 6.24. The third-order valence-corrected chi connectivity index (χ3v) is 6.45. The van der Waals surface area contributed by atoms with E-state index in [1.807, 2.05) is 6.07 Å². The predicted octanol–water partition coefficient (Wildman–Crippen LogP) is 2.67. The average molecular weight is 395 g/mol. The van der Waals surface area contributed by atoms with Crippen LogP contribution in [0.3, 0.4) is 0 Å². The van der Waals surface area contributed by atoms with Crippen molar-refractivity contribution in [1.29, 1.82) is 5.26 Å². The van der Waals surface area contributed by atoms with E-state index in [9.17, 15) is 13.2 Å². The lowest BCUT2D eigenvalue weighted by atomic mass is 10.1. The summed E-state index contributed by atoms with van der Waals surface area (Å²) in [5.74, 6) is -0.267. The Balaban J connectivity index is 1.56. The zero-order valence-electron chi connectivity index (χ0n) is 15.3. The molecule has 1 aliphatic rings. The highest BCUT2D eigenvalue weighted by Gasteiger charge is 2.26. The van der Waals surface area contributed by atoms with E-state index in [-0.39, 0.29) is 10.8 Å². The van der Waals surface area contributed by atoms with Crippen LogP contribution >= 0.6 is 0 Å². The number of carbonyl (C=O) groups excluding carboxylic acids is 1. The van der Waals surface area contributed by atoms with Crippen molar-refractivity contribution in [3.8, 4) is 6.07 Å². The number of nitrogens with zero attached hydrogens (tertiary/aromatic N) is 2. The maximum Gasteiger partial charge on any atom is 0.244 e. The molecule has 0 saturated carbocycles. The number of hydrogen-bond donors (Lipinski definition) is 1. The van der Waals surface area contributed by atoms with E-state index >= 15 is 0 Å². The maximum atomic E-state index is 12.5. The van der Waals surface area contributed by atoms with Crippen molar-refractivity contribution in [3.05, 3.63) is 71.3 Å². The van der Waals surface area contributed by atoms with Crippen LogP contribution in [0, 0.1) is 11.3 Å². The van der Waals surface area contributed by atoms with Crippen LogP contribution in [0.5, 0.6) is 0 Å². The highest BCUT2D eigenvalue weighted by molar-refractivity contribution is 7.89. The van der Waals surface area contributed by atoms with Gasteiger partial charge in [0.05, 0.1) is 16.5 Å². The topological polar surface area (TPSA) is 90.3 Å². The molecule has 1 amide bonds. The Morgan fingerprint density at radius 1 is 1.14 bits per heavy atom. The van der Waals surface area contributed by atoms with Gasteiger partial charge >= 0.3 is 0 Å². The van der Waals surface area contributed by atoms with Crippen molar-refractivity contribution >= 4 is 22.0 Å². The van der Waals surface area contributed by atoms with Crippen LogP contribution in [0.15, 0.2) is 59.5 Å². The summed E-state index contributed by atoms with van der Waals surface area (Å²) in [6.45, 7) is 1.44. The minimum atomic E-state index is -3.42. The summed E-state index contributed by atoms with van der Waals surface area (Å²) in [5.41, 5.74) is 2.12. The first-order chi connectivity index (χ1) is 13.5. The molecule has 1 saturated heterocycles. The molecule has 7 heteroatoms. The SMILES string of the molecule is N#Cc1cccc(/C=C/C(=O)NCc2ccc(S(=O)(=O)N3CCCC3)cc2)c1. The molecule has 0 unspecified atom stereocenters. The molecular weight excluding hydrogens is 374 g/mol. The van der Waals surface area contributed by atoms with Gasteiger partial charge in [0.1, 0.15) is 0 Å². The molecule has 3 rings (SSSR count). The summed E-state index contributed by atoms with van der Waals surface area (Å²) in [4.78, 5) is 12.3. The van der Waals surface area contributed by atoms with Gasteiger partial charge in [-0.15, -0.1) is 0 Å². The minimum Gasteiger partial charge on any atom is -0.348 e. The van der Waals surface area contributed by atoms with E-state index in [1.165, 1.54) is 10.4 Å². The van der Waals surface area contributed by atoms with Crippen LogP contribution in [-0.2, 0) is 21.4 Å². The van der Waals surface area contributed by atoms with Crippen LogP contribution in [0.4, 0.5) is 0 Å². The zero-order valence-corrected chi connectivity index (χ0v) is 16.2. The van der Waals surface area contributed by atoms with Gasteiger partial charge < -0.3 is 5.32 Å². The summed E-state index contributed by atoms with van der Waals surface area (Å²) in [7, 11) is -3.42. The van der Waals surface area contributed by atoms with Gasteiger partial charge in [-0.2, -0.15) is 9.57 Å². The lowest BCUT2D eigenvalue weighted by Gasteiger charge is -2.15. The molecule has 1 aliphatic heterocycles. The van der Waals surface area contributed by atoms with E-state index in [1.54, 1.807) is 48.5 Å². The zero-order chi connectivity index (χ0) is 20.0. The van der Waals surface area contributed by atoms with E-state index < -0.39 is 10.0 Å². The molecular formula is C21H21N3O3S. The Bertz CT molecular complexity index is 1020. The summed E-state index contributed by atoms with van der Waals surface area (Å²) in [6.07, 6.45) is 4.85. The quantitative estimate of drug-likeness (QED) is 0.762. The van der Waals surface area contributed by atoms with Gasteiger partial charge in [-0.1, -0.05) is 24.3 Å². The number of nitrogens with one attached hydrogen (secondary N) is 1. The first-order valence-corrected chi connectivity index (χ1v) is 10.5. The first kappa shape index (κ1) is 19.8. The van der Waals surface area contributed by atoms with Crippen molar-refractivity contribution in [2.45, 2.75) is 24.3 Å². The molecule has 144 valence electrons. The summed E-state index contributed by atoms with van der Waals surface area (Å²) >= 11 is 0. The lowest BCUT2D eigenvalue weighted by molar-refractivity contribution is -0.116. The molecule has 0 spiro atoms. The molecule has 2 aromatic carbocycles. The monoisotopic (exact) mass is 395 g/mol. The lowest BCUT2D eigenvalue weighted by Crippen LogP contribution is -2.27. The van der Waals surface area contributed by atoms with Crippen molar-refractivity contribution in [2.75, 3.05) is 13.1 Å². The van der Waals surface area contributed by atoms with Crippen LogP contribution in [0.25, 0.3) is 6.08 Å². The van der Waals surface area contributed by atoms with Gasteiger partial charge in [-0.25, -0.2) is 8.42 Å². The third-order valence-electron chi connectivity index (χ3n) is 4.54. The van der Waals surface area contributed by atoms with E-state index in [0.717, 1.165) is 24.0 Å². The Morgan fingerprint density at radius 2 is 1.86 bits per heavy atom. The molecule has 0 aromatic heterocycles. The van der Waals surface area contributed by atoms with Crippen molar-refractivity contribution in [1.82, 2.24) is 9.62 Å². The number of sulfonamides is 1. The highest BCUT2D eigenvalue weighted by Crippen LogP contribution is 2.21. The van der Waals surface area contributed by atoms with Gasteiger partial charge in [0.15, 0.2) is 0 Å². The van der Waals surface area contributed by atoms with Crippen LogP contribution < -0.4 is 5.32 Å². The normalized spacial score (nSPS) is 14.8. The molecule has 2 aromatic rings. The number of nitriles is 1. The molecule has 0 radical (unpaired) electrons. The van der Waals surface area contributed by atoms with Crippen LogP contribution in [-0.4, -0.2) is 31.7 Å². The Hall–Kier alpha value is -2.95. The third kappa shape index (κ3) is 4.85. The van der Waals surface area contributed by atoms with Gasteiger partial charge in [-0.05, 0) is 54.3 Å². The fraction of sp³-hybridized carbons (Fsp3) is 0.238. The Morgan fingerprint density at radius 3 is 2.54 bits per heavy atom. The number of amides is 1. The van der Waals surface area contributed by atoms with E-state index in [4.69, 9.17) is 5.26 Å². The van der Waals surface area contributed by atoms with Gasteiger partial charge in [0, 0.05) is 25.7 Å². The van der Waals surface area contributed by atoms with Gasteiger partial charge in [0.25, 0.3) is 0 Å². The molecule has 28 heavy (non-hydrogen) atoms. The maximum absolute atomic E-state index is 12.5. The number of benzene rings is 2. The number of carbonyl (C=O) groups is 1. The smallest absolute Gasteiger partial charge is 0.244 e. The van der Waals surface area contributed by atoms with Gasteiger partial charge in [0.2, 0.25) is 15.9 Å². The minimum absolute atomic E-state index is 0.267. The molecule has 0 bridgehead atoms. The predicted molar refractivity (Wildman–Crippen MR) is 106 cm³/mol. The standard InChI is InChI=1S/C21H21N3O3S/c22-15-19-5-3-4-17(14-19)8-11-21(25)23-16-18-6-9-20(10-7-18)28(26,27)24-12-1-2-13-24/h3-11,14H,1-2,12-13,16H2,(H,23,25)/b11-8+. The summed E-state index contributed by atoms with van der Waals surface area (Å²) in [5, 5.41) is 11.6. The summed E-state index contributed by atoms with van der Waals surface area (Å²) < 4.78 is 26.5. The second kappa shape index (κ2) is 8.83. The number of hydrogen-bond acceptors (Lipinski definition) is 4. The second-order valence-corrected chi connectivity index (χ2v) is 8.48. The largest absolute Gasteiger partial charge is 0.348 e. The number of rotatable bonds is 6. The fourth-order valence-electron chi connectivity index (χ4n) is 2.99. The van der Waals surface area contributed by atoms with Crippen LogP contribution in [0.2, 0.25) is 0 Å². The molecule has 6 nitrogen and oxygen atoms in total. The van der Waals surface area contributed by atoms with Crippen molar-refractivity contribution < 1.29 is 13.2 Å². The van der Waals surface area contributed by atoms with Crippen molar-refractivity contribution in [2.24, 2.45) is 0 Å². The molecule has 1 fully saturated rings. The van der Waals surface area contributed by atoms with Gasteiger partial charge in [-0.3, -0.25) is 4.79 Å². The summed E-state index contributed by atoms with van der Waals surface area (Å²) in [6, 6.07) is 15.6. The van der Waals surface area contributed by atoms with E-state index in [0.29, 0.717) is 25.2 Å². The molecule has 1 N–H and O–H groups in total. The second-order valence-electron chi connectivity index (χ2n) is 6.54. The van der Waals surface area contributed by atoms with E-state index in [2.05, 4.69) is 11.4 Å². The average Bonchev–Trinajstić information content (AvgIpc) is 3.27. The molecule has 1 heterocycles. The highest BCUT2D eigenvalue weighted by atomic mass is 32.2. The molecule has 0 aliphatic carbocycles. The van der Waals surface area contributed by atoms with Crippen LogP contribution in [0.1, 0.15) is 29.5 Å². The van der Waals surface area contributed by atoms with Crippen molar-refractivity contribution in [3.63, 3.8) is 0 Å². The fourth-order valence-corrected chi connectivity index (χ4v) is 4.51. The first-order valence-electron chi connectivity index (χ1n) is 9.04. The molecule has 0 atom stereocenters. The Labute approximate surface area is 165 Å².